The lowest BCUT2D eigenvalue weighted by molar-refractivity contribution is -0.274. The lowest BCUT2D eigenvalue weighted by Gasteiger charge is -2.40. The summed E-state index contributed by atoms with van der Waals surface area (Å²) in [4.78, 5) is 13.9. The molecule has 4 rings (SSSR count). The summed E-state index contributed by atoms with van der Waals surface area (Å²) in [5, 5.41) is 0.962. The van der Waals surface area contributed by atoms with E-state index in [2.05, 4.69) is 24.6 Å². The van der Waals surface area contributed by atoms with Crippen molar-refractivity contribution in [2.75, 3.05) is 18.0 Å². The molecule has 148 valence electrons. The molecule has 1 fully saturated rings. The molecule has 0 spiro atoms. The Kier molecular flexibility index (Phi) is 4.62. The van der Waals surface area contributed by atoms with E-state index in [0.717, 1.165) is 22.4 Å². The first-order valence-electron chi connectivity index (χ1n) is 8.98. The number of piperidine rings is 1. The smallest absolute Gasteiger partial charge is 0.406 e. The van der Waals surface area contributed by atoms with Crippen LogP contribution < -0.4 is 15.4 Å². The van der Waals surface area contributed by atoms with E-state index >= 15 is 0 Å². The highest BCUT2D eigenvalue weighted by Gasteiger charge is 2.33. The fourth-order valence-electron chi connectivity index (χ4n) is 3.71. The second kappa shape index (κ2) is 6.97. The quantitative estimate of drug-likeness (QED) is 0.713. The van der Waals surface area contributed by atoms with Crippen LogP contribution in [0.5, 0.6) is 5.75 Å². The highest BCUT2D eigenvalue weighted by Crippen LogP contribution is 2.31. The first-order chi connectivity index (χ1) is 13.3. The number of rotatable bonds is 4. The van der Waals surface area contributed by atoms with Crippen LogP contribution in [0.15, 0.2) is 42.9 Å². The van der Waals surface area contributed by atoms with E-state index in [9.17, 15) is 13.2 Å². The molecule has 1 aromatic carbocycles. The van der Waals surface area contributed by atoms with Gasteiger partial charge in [0.1, 0.15) is 23.5 Å². The van der Waals surface area contributed by atoms with E-state index in [4.69, 9.17) is 5.73 Å². The molecule has 0 radical (unpaired) electrons. The monoisotopic (exact) mass is 391 g/mol. The average Bonchev–Trinajstić information content (AvgIpc) is 3.10. The van der Waals surface area contributed by atoms with Gasteiger partial charge in [-0.25, -0.2) is 9.97 Å². The highest BCUT2D eigenvalue weighted by molar-refractivity contribution is 5.87. The Balaban J connectivity index is 1.44. The van der Waals surface area contributed by atoms with Crippen molar-refractivity contribution in [3.05, 3.63) is 48.4 Å². The number of halogens is 3. The molecule has 28 heavy (non-hydrogen) atoms. The summed E-state index contributed by atoms with van der Waals surface area (Å²) in [7, 11) is 0. The van der Waals surface area contributed by atoms with E-state index < -0.39 is 11.9 Å². The number of nitrogens with two attached hydrogens (primary N) is 1. The molecule has 1 aliphatic heterocycles. The fourth-order valence-corrected chi connectivity index (χ4v) is 3.71. The van der Waals surface area contributed by atoms with Crippen LogP contribution in [0.2, 0.25) is 0 Å². The summed E-state index contributed by atoms with van der Waals surface area (Å²) in [5.41, 5.74) is 7.60. The van der Waals surface area contributed by atoms with Gasteiger partial charge in [-0.05, 0) is 43.0 Å². The number of anilines is 1. The van der Waals surface area contributed by atoms with Crippen LogP contribution in [0.3, 0.4) is 0 Å². The van der Waals surface area contributed by atoms with Gasteiger partial charge in [-0.15, -0.1) is 13.2 Å². The number of aromatic nitrogens is 3. The van der Waals surface area contributed by atoms with Crippen molar-refractivity contribution in [2.24, 2.45) is 5.73 Å². The number of alkyl halides is 3. The molecule has 0 unspecified atom stereocenters. The van der Waals surface area contributed by atoms with Crippen LogP contribution in [0.1, 0.15) is 18.4 Å². The number of hydrogen-bond acceptors (Lipinski definition) is 5. The molecule has 6 nitrogen and oxygen atoms in total. The highest BCUT2D eigenvalue weighted by atomic mass is 19.4. The molecule has 1 aliphatic rings. The van der Waals surface area contributed by atoms with Gasteiger partial charge >= 0.3 is 6.36 Å². The predicted octanol–water partition coefficient (Wildman–Crippen LogP) is 3.40. The number of nitrogens with zero attached hydrogens (tertiary/aromatic N) is 3. The Hall–Kier alpha value is -2.81. The number of hydrogen-bond donors (Lipinski definition) is 2. The summed E-state index contributed by atoms with van der Waals surface area (Å²) in [5.74, 6) is 0.649. The number of fused-ring (bicyclic) bond motifs is 1. The SMILES string of the molecule is NC1(Cc2cccc(OC(F)(F)F)c2)CCN(c2ncnc3[nH]ccc23)CC1. The van der Waals surface area contributed by atoms with Gasteiger partial charge in [-0.1, -0.05) is 12.1 Å². The minimum absolute atomic E-state index is 0.220. The first-order valence-corrected chi connectivity index (χ1v) is 8.98. The lowest BCUT2D eigenvalue weighted by Crippen LogP contribution is -2.52. The van der Waals surface area contributed by atoms with Gasteiger partial charge in [0.25, 0.3) is 0 Å². The van der Waals surface area contributed by atoms with Gasteiger partial charge < -0.3 is 20.4 Å². The summed E-state index contributed by atoms with van der Waals surface area (Å²) < 4.78 is 41.3. The number of H-pyrrole nitrogens is 1. The van der Waals surface area contributed by atoms with Crippen LogP contribution >= 0.6 is 0 Å². The Bertz CT molecular complexity index is 963. The van der Waals surface area contributed by atoms with Crippen molar-refractivity contribution in [1.82, 2.24) is 15.0 Å². The molecular formula is C19H20F3N5O. The van der Waals surface area contributed by atoms with Crippen LogP contribution in [-0.4, -0.2) is 39.9 Å². The van der Waals surface area contributed by atoms with Crippen molar-refractivity contribution in [3.8, 4) is 5.75 Å². The van der Waals surface area contributed by atoms with E-state index in [1.807, 2.05) is 12.3 Å². The van der Waals surface area contributed by atoms with Crippen molar-refractivity contribution in [1.29, 1.82) is 0 Å². The van der Waals surface area contributed by atoms with Crippen molar-refractivity contribution >= 4 is 16.9 Å². The molecule has 0 aliphatic carbocycles. The van der Waals surface area contributed by atoms with Crippen molar-refractivity contribution in [3.63, 3.8) is 0 Å². The molecule has 1 saturated heterocycles. The zero-order valence-electron chi connectivity index (χ0n) is 15.0. The van der Waals surface area contributed by atoms with E-state index in [0.29, 0.717) is 32.4 Å². The molecule has 0 saturated carbocycles. The van der Waals surface area contributed by atoms with Gasteiger partial charge in [0.15, 0.2) is 0 Å². The average molecular weight is 391 g/mol. The van der Waals surface area contributed by atoms with Gasteiger partial charge in [-0.2, -0.15) is 0 Å². The summed E-state index contributed by atoms with van der Waals surface area (Å²) >= 11 is 0. The number of nitrogens with one attached hydrogen (secondary N) is 1. The van der Waals surface area contributed by atoms with Gasteiger partial charge in [0.2, 0.25) is 0 Å². The maximum Gasteiger partial charge on any atom is 0.573 e. The number of benzene rings is 1. The van der Waals surface area contributed by atoms with Gasteiger partial charge in [0, 0.05) is 24.8 Å². The molecule has 0 bridgehead atoms. The van der Waals surface area contributed by atoms with E-state index in [1.165, 1.54) is 18.5 Å². The lowest BCUT2D eigenvalue weighted by atomic mass is 9.83. The Morgan fingerprint density at radius 1 is 1.18 bits per heavy atom. The zero-order valence-corrected chi connectivity index (χ0v) is 15.0. The standard InChI is InChI=1S/C19H20F3N5O/c20-19(21,22)28-14-3-1-2-13(10-14)11-18(23)5-8-27(9-6-18)17-15-4-7-24-16(15)25-12-26-17/h1-4,7,10,12H,5-6,8-9,11,23H2,(H,24,25,26). The second-order valence-corrected chi connectivity index (χ2v) is 7.16. The zero-order chi connectivity index (χ0) is 19.8. The Morgan fingerprint density at radius 2 is 1.96 bits per heavy atom. The number of aromatic amines is 1. The Labute approximate surface area is 159 Å². The molecule has 9 heteroatoms. The largest absolute Gasteiger partial charge is 0.573 e. The summed E-state index contributed by atoms with van der Waals surface area (Å²) in [6.07, 6.45) is 0.548. The molecule has 3 aromatic rings. The predicted molar refractivity (Wildman–Crippen MR) is 99.1 cm³/mol. The van der Waals surface area contributed by atoms with Gasteiger partial charge in [-0.3, -0.25) is 0 Å². The fraction of sp³-hybridized carbons (Fsp3) is 0.368. The molecule has 2 aromatic heterocycles. The van der Waals surface area contributed by atoms with Crippen LogP contribution in [0.4, 0.5) is 19.0 Å². The van der Waals surface area contributed by atoms with E-state index in [1.54, 1.807) is 12.1 Å². The van der Waals surface area contributed by atoms with Crippen molar-refractivity contribution in [2.45, 2.75) is 31.2 Å². The number of ether oxygens (including phenoxy) is 1. The normalized spacial score (nSPS) is 17.1. The van der Waals surface area contributed by atoms with Crippen molar-refractivity contribution < 1.29 is 17.9 Å². The molecule has 0 amide bonds. The van der Waals surface area contributed by atoms with Crippen LogP contribution in [-0.2, 0) is 6.42 Å². The first kappa shape index (κ1) is 18.5. The molecule has 3 N–H and O–H groups in total. The van der Waals surface area contributed by atoms with Gasteiger partial charge in [0.05, 0.1) is 5.39 Å². The maximum atomic E-state index is 12.4. The minimum atomic E-state index is -4.70. The molecule has 0 atom stereocenters. The topological polar surface area (TPSA) is 80.1 Å². The summed E-state index contributed by atoms with van der Waals surface area (Å²) in [6, 6.07) is 7.97. The summed E-state index contributed by atoms with van der Waals surface area (Å²) in [6.45, 7) is 1.43. The maximum absolute atomic E-state index is 12.4. The Morgan fingerprint density at radius 3 is 2.71 bits per heavy atom. The third kappa shape index (κ3) is 4.04. The molecular weight excluding hydrogens is 371 g/mol. The third-order valence-electron chi connectivity index (χ3n) is 5.08. The van der Waals surface area contributed by atoms with Crippen LogP contribution in [0.25, 0.3) is 11.0 Å². The second-order valence-electron chi connectivity index (χ2n) is 7.16. The van der Waals surface area contributed by atoms with Crippen LogP contribution in [0, 0.1) is 0 Å². The van der Waals surface area contributed by atoms with E-state index in [-0.39, 0.29) is 5.75 Å². The minimum Gasteiger partial charge on any atom is -0.406 e. The molecule has 3 heterocycles. The third-order valence-corrected chi connectivity index (χ3v) is 5.08.